The van der Waals surface area contributed by atoms with Gasteiger partial charge < -0.3 is 25.3 Å². The maximum Gasteiger partial charge on any atom is 0.309 e. The number of aromatic nitrogens is 1. The number of nitrogens with zero attached hydrogens (tertiary/aromatic N) is 1. The minimum atomic E-state index is -3.73. The van der Waals surface area contributed by atoms with Crippen molar-refractivity contribution in [3.8, 4) is 0 Å². The number of carbonyl (C=O) groups is 2. The number of carbonyl (C=O) groups excluding carboxylic acids is 2. The van der Waals surface area contributed by atoms with Crippen molar-refractivity contribution >= 4 is 27.9 Å². The van der Waals surface area contributed by atoms with Crippen LogP contribution in [0.1, 0.15) is 36.8 Å². The summed E-state index contributed by atoms with van der Waals surface area (Å²) in [6.45, 7) is 5.47. The molecule has 0 aliphatic rings. The number of sulfonamides is 1. The molecule has 1 aromatic carbocycles. The molecule has 0 fully saturated rings. The van der Waals surface area contributed by atoms with Gasteiger partial charge in [-0.15, -0.1) is 0 Å². The molecule has 2 amide bonds. The van der Waals surface area contributed by atoms with Crippen molar-refractivity contribution in [2.24, 2.45) is 11.8 Å². The highest BCUT2D eigenvalue weighted by Crippen LogP contribution is 2.18. The Morgan fingerprint density at radius 1 is 1.08 bits per heavy atom. The molecule has 2 aromatic rings. The first-order valence-corrected chi connectivity index (χ1v) is 12.9. The molecule has 11 nitrogen and oxygen atoms in total. The number of rotatable bonds is 12. The molecule has 0 radical (unpaired) electrons. The number of hydrogen-bond acceptors (Lipinski definition) is 8. The first kappa shape index (κ1) is 29.1. The van der Waals surface area contributed by atoms with Crippen molar-refractivity contribution in [1.29, 1.82) is 0 Å². The number of oxazole rings is 1. The number of anilines is 1. The molecule has 5 N–H and O–H groups in total. The van der Waals surface area contributed by atoms with Crippen molar-refractivity contribution in [3.05, 3.63) is 47.4 Å². The fourth-order valence-electron chi connectivity index (χ4n) is 3.22. The smallest absolute Gasteiger partial charge is 0.309 e. The van der Waals surface area contributed by atoms with E-state index in [1.807, 2.05) is 18.6 Å². The number of amides is 2. The fraction of sp³-hybridized carbons (Fsp3) is 0.500. The molecule has 0 saturated carbocycles. The van der Waals surface area contributed by atoms with Crippen LogP contribution < -0.4 is 15.4 Å². The first-order valence-electron chi connectivity index (χ1n) is 11.0. The van der Waals surface area contributed by atoms with E-state index in [1.165, 1.54) is 6.92 Å². The van der Waals surface area contributed by atoms with Gasteiger partial charge in [0.2, 0.25) is 15.9 Å². The maximum atomic E-state index is 13.7. The van der Waals surface area contributed by atoms with Crippen LogP contribution >= 0.6 is 0 Å². The molecule has 0 bridgehead atoms. The van der Waals surface area contributed by atoms with E-state index >= 15 is 0 Å². The number of hydrogen-bond donors (Lipinski definition) is 5. The normalized spacial score (nSPS) is 15.1. The van der Waals surface area contributed by atoms with E-state index in [-0.39, 0.29) is 23.6 Å². The minimum Gasteiger partial charge on any atom is -0.431 e. The zero-order valence-corrected chi connectivity index (χ0v) is 21.0. The highest BCUT2D eigenvalue weighted by molar-refractivity contribution is 7.91. The zero-order valence-electron chi connectivity index (χ0n) is 20.2. The average molecular weight is 533 g/mol. The lowest BCUT2D eigenvalue weighted by molar-refractivity contribution is -0.131. The van der Waals surface area contributed by atoms with Gasteiger partial charge in [0.1, 0.15) is 24.0 Å². The Labute approximate surface area is 207 Å². The number of aliphatic hydroxyl groups is 2. The van der Waals surface area contributed by atoms with Crippen LogP contribution in [0, 0.1) is 23.5 Å². The lowest BCUT2D eigenvalue weighted by Crippen LogP contribution is -2.53. The summed E-state index contributed by atoms with van der Waals surface area (Å²) in [4.78, 5) is 28.8. The second kappa shape index (κ2) is 12.2. The van der Waals surface area contributed by atoms with Gasteiger partial charge in [-0.1, -0.05) is 20.8 Å². The average Bonchev–Trinajstić information content (AvgIpc) is 3.21. The molecule has 4 atom stereocenters. The van der Waals surface area contributed by atoms with Gasteiger partial charge in [-0.25, -0.2) is 21.9 Å². The highest BCUT2D eigenvalue weighted by atomic mass is 32.2. The van der Waals surface area contributed by atoms with Crippen molar-refractivity contribution < 1.29 is 41.4 Å². The molecule has 0 aliphatic heterocycles. The molecule has 1 heterocycles. The number of aliphatic hydroxyl groups excluding tert-OH is 2. The van der Waals surface area contributed by atoms with Crippen LogP contribution in [-0.4, -0.2) is 66.5 Å². The van der Waals surface area contributed by atoms with Gasteiger partial charge in [0.05, 0.1) is 24.3 Å². The maximum absolute atomic E-state index is 13.7. The summed E-state index contributed by atoms with van der Waals surface area (Å²) in [5.41, 5.74) is -0.318. The molecule has 0 saturated heterocycles. The minimum absolute atomic E-state index is 0.0561. The van der Waals surface area contributed by atoms with E-state index in [0.717, 1.165) is 24.7 Å². The molecule has 0 aliphatic carbocycles. The Hall–Kier alpha value is -3.10. The summed E-state index contributed by atoms with van der Waals surface area (Å²) >= 11 is 0. The predicted molar refractivity (Wildman–Crippen MR) is 125 cm³/mol. The van der Waals surface area contributed by atoms with Crippen LogP contribution in [0.15, 0.2) is 28.9 Å². The summed E-state index contributed by atoms with van der Waals surface area (Å²) in [6.07, 6.45) is -2.04. The Bertz CT molecular complexity index is 1150. The summed E-state index contributed by atoms with van der Waals surface area (Å²) < 4.78 is 56.9. The number of halogens is 2. The Morgan fingerprint density at radius 2 is 1.69 bits per heavy atom. The monoisotopic (exact) mass is 532 g/mol. The van der Waals surface area contributed by atoms with Gasteiger partial charge in [-0.3, -0.25) is 9.59 Å². The molecule has 36 heavy (non-hydrogen) atoms. The third-order valence-electron chi connectivity index (χ3n) is 5.08. The Kier molecular flexibility index (Phi) is 9.90. The van der Waals surface area contributed by atoms with Gasteiger partial charge >= 0.3 is 6.01 Å². The lowest BCUT2D eigenvalue weighted by Gasteiger charge is -2.30. The molecule has 0 unspecified atom stereocenters. The van der Waals surface area contributed by atoms with E-state index in [0.29, 0.717) is 12.6 Å². The molecular weight excluding hydrogens is 502 g/mol. The van der Waals surface area contributed by atoms with Crippen LogP contribution in [0.2, 0.25) is 0 Å². The number of nitrogens with one attached hydrogen (secondary N) is 3. The fourth-order valence-corrected chi connectivity index (χ4v) is 3.63. The summed E-state index contributed by atoms with van der Waals surface area (Å²) in [7, 11) is -3.73. The van der Waals surface area contributed by atoms with Crippen molar-refractivity contribution in [2.45, 2.75) is 45.4 Å². The quantitative estimate of drug-likeness (QED) is 0.267. The van der Waals surface area contributed by atoms with Gasteiger partial charge in [0, 0.05) is 12.6 Å². The number of benzene rings is 1. The summed E-state index contributed by atoms with van der Waals surface area (Å²) in [6, 6.07) is 0.809. The van der Waals surface area contributed by atoms with Crippen molar-refractivity contribution in [1.82, 2.24) is 15.6 Å². The van der Waals surface area contributed by atoms with E-state index in [1.54, 1.807) is 0 Å². The van der Waals surface area contributed by atoms with Gasteiger partial charge in [-0.05, 0) is 30.0 Å². The largest absolute Gasteiger partial charge is 0.431 e. The van der Waals surface area contributed by atoms with Crippen LogP contribution in [0.5, 0.6) is 0 Å². The van der Waals surface area contributed by atoms with Crippen LogP contribution in [-0.2, 0) is 21.2 Å². The lowest BCUT2D eigenvalue weighted by atomic mass is 9.90. The van der Waals surface area contributed by atoms with E-state index < -0.39 is 63.7 Å². The van der Waals surface area contributed by atoms with Crippen LogP contribution in [0.25, 0.3) is 0 Å². The van der Waals surface area contributed by atoms with E-state index in [2.05, 4.69) is 15.6 Å². The standard InChI is InChI=1S/C22H30F2N4O7S/c1-11(2)9-25-20(31)12(3)18(29)19(30)16(7-13-5-14(23)8-15(24)6-13)26-21(32)17-10-35-22(27-17)28-36(4,33)34/h5-6,8,10-12,16,18-19,29-30H,7,9H2,1-4H3,(H,25,31)(H,26,32)(H,27,28)/t12-,16+,18-,19-/m1/s1. The Morgan fingerprint density at radius 3 is 2.25 bits per heavy atom. The molecule has 200 valence electrons. The third-order valence-corrected chi connectivity index (χ3v) is 5.62. The topological polar surface area (TPSA) is 171 Å². The van der Waals surface area contributed by atoms with Crippen LogP contribution in [0.3, 0.4) is 0 Å². The zero-order chi connectivity index (χ0) is 27.2. The van der Waals surface area contributed by atoms with Crippen LogP contribution in [0.4, 0.5) is 14.8 Å². The van der Waals surface area contributed by atoms with E-state index in [4.69, 9.17) is 4.42 Å². The molecular formula is C22H30F2N4O7S. The second-order valence-electron chi connectivity index (χ2n) is 8.88. The Balaban J connectivity index is 2.26. The highest BCUT2D eigenvalue weighted by Gasteiger charge is 2.35. The van der Waals surface area contributed by atoms with Crippen molar-refractivity contribution in [3.63, 3.8) is 0 Å². The van der Waals surface area contributed by atoms with Gasteiger partial charge in [0.25, 0.3) is 5.91 Å². The van der Waals surface area contributed by atoms with Gasteiger partial charge in [0.15, 0.2) is 5.69 Å². The molecule has 0 spiro atoms. The van der Waals surface area contributed by atoms with Gasteiger partial charge in [-0.2, -0.15) is 4.98 Å². The summed E-state index contributed by atoms with van der Waals surface area (Å²) in [5, 5.41) is 26.6. The SMILES string of the molecule is CC(C)CNC(=O)[C@H](C)[C@@H](O)[C@H](O)[C@H](Cc1cc(F)cc(F)c1)NC(=O)c1coc(NS(C)(=O)=O)n1. The predicted octanol–water partition coefficient (Wildman–Crippen LogP) is 0.796. The first-order chi connectivity index (χ1) is 16.7. The summed E-state index contributed by atoms with van der Waals surface area (Å²) in [5.74, 6) is -4.21. The third kappa shape index (κ3) is 8.84. The van der Waals surface area contributed by atoms with Crippen molar-refractivity contribution in [2.75, 3.05) is 17.5 Å². The molecule has 14 heteroatoms. The van der Waals surface area contributed by atoms with E-state index in [9.17, 15) is 37.0 Å². The second-order valence-corrected chi connectivity index (χ2v) is 10.6. The molecule has 1 aromatic heterocycles. The molecule has 2 rings (SSSR count).